The van der Waals surface area contributed by atoms with Gasteiger partial charge in [-0.2, -0.15) is 0 Å². The number of ether oxygens (including phenoxy) is 2. The molecule has 4 rings (SSSR count). The van der Waals surface area contributed by atoms with Gasteiger partial charge in [0.1, 0.15) is 5.69 Å². The van der Waals surface area contributed by atoms with E-state index in [1.807, 2.05) is 19.2 Å². The summed E-state index contributed by atoms with van der Waals surface area (Å²) in [6, 6.07) is 5.33. The Morgan fingerprint density at radius 2 is 2.00 bits per heavy atom. The van der Waals surface area contributed by atoms with Crippen molar-refractivity contribution in [3.63, 3.8) is 0 Å². The van der Waals surface area contributed by atoms with Gasteiger partial charge in [0.2, 0.25) is 5.88 Å². The van der Waals surface area contributed by atoms with Gasteiger partial charge in [0.15, 0.2) is 5.16 Å². The first-order valence-corrected chi connectivity index (χ1v) is 11.5. The molecule has 0 saturated carbocycles. The summed E-state index contributed by atoms with van der Waals surface area (Å²) >= 11 is 1.47. The van der Waals surface area contributed by atoms with Gasteiger partial charge >= 0.3 is 0 Å². The normalized spacial score (nSPS) is 15.2. The molecular formula is C22H24N6O3S. The molecule has 1 N–H and O–H groups in total. The SMILES string of the molecule is CCOc1cncc(-c2ccc(C(=O)NC3(c4ccnc(SC)n4)CCOCC3)nc2)n1. The zero-order valence-corrected chi connectivity index (χ0v) is 18.8. The molecule has 1 aliphatic heterocycles. The molecule has 1 aliphatic rings. The second-order valence-electron chi connectivity index (χ2n) is 7.18. The number of carbonyl (C=O) groups is 1. The lowest BCUT2D eigenvalue weighted by Gasteiger charge is -2.37. The highest BCUT2D eigenvalue weighted by molar-refractivity contribution is 7.98. The zero-order valence-electron chi connectivity index (χ0n) is 17.9. The Bertz CT molecular complexity index is 1070. The van der Waals surface area contributed by atoms with Crippen LogP contribution in [0.3, 0.4) is 0 Å². The summed E-state index contributed by atoms with van der Waals surface area (Å²) in [6.07, 6.45) is 9.71. The van der Waals surface area contributed by atoms with Gasteiger partial charge in [0.05, 0.1) is 35.9 Å². The van der Waals surface area contributed by atoms with Crippen molar-refractivity contribution in [2.75, 3.05) is 26.1 Å². The number of thioether (sulfide) groups is 1. The van der Waals surface area contributed by atoms with E-state index in [1.54, 1.807) is 36.9 Å². The fourth-order valence-corrected chi connectivity index (χ4v) is 3.89. The van der Waals surface area contributed by atoms with E-state index in [1.165, 1.54) is 11.8 Å². The smallest absolute Gasteiger partial charge is 0.270 e. The molecule has 1 amide bonds. The van der Waals surface area contributed by atoms with Crippen molar-refractivity contribution in [1.82, 2.24) is 30.2 Å². The van der Waals surface area contributed by atoms with Crippen LogP contribution in [0.4, 0.5) is 0 Å². The minimum absolute atomic E-state index is 0.267. The topological polar surface area (TPSA) is 112 Å². The summed E-state index contributed by atoms with van der Waals surface area (Å²) < 4.78 is 10.9. The standard InChI is InChI=1S/C22H24N6O3S/c1-3-31-19-14-23-13-17(26-19)15-4-5-16(25-12-15)20(29)28-22(7-10-30-11-8-22)18-6-9-24-21(27-18)32-2/h4-6,9,12-14H,3,7-8,10-11H2,1-2H3,(H,28,29). The minimum Gasteiger partial charge on any atom is -0.477 e. The van der Waals surface area contributed by atoms with E-state index < -0.39 is 5.54 Å². The van der Waals surface area contributed by atoms with Crippen molar-refractivity contribution < 1.29 is 14.3 Å². The molecular weight excluding hydrogens is 428 g/mol. The van der Waals surface area contributed by atoms with E-state index in [0.717, 1.165) is 11.3 Å². The molecule has 32 heavy (non-hydrogen) atoms. The number of nitrogens with zero attached hydrogens (tertiary/aromatic N) is 5. The van der Waals surface area contributed by atoms with Crippen LogP contribution in [0.15, 0.2) is 48.1 Å². The van der Waals surface area contributed by atoms with E-state index in [0.29, 0.717) is 55.1 Å². The average molecular weight is 453 g/mol. The molecule has 0 atom stereocenters. The molecule has 9 nitrogen and oxygen atoms in total. The Morgan fingerprint density at radius 1 is 1.16 bits per heavy atom. The second-order valence-corrected chi connectivity index (χ2v) is 7.96. The number of aromatic nitrogens is 5. The first kappa shape index (κ1) is 22.1. The second kappa shape index (κ2) is 10.0. The monoisotopic (exact) mass is 452 g/mol. The lowest BCUT2D eigenvalue weighted by molar-refractivity contribution is 0.0326. The van der Waals surface area contributed by atoms with Crippen LogP contribution in [0.25, 0.3) is 11.3 Å². The Morgan fingerprint density at radius 3 is 2.72 bits per heavy atom. The van der Waals surface area contributed by atoms with Gasteiger partial charge in [-0.15, -0.1) is 0 Å². The third-order valence-electron chi connectivity index (χ3n) is 5.20. The van der Waals surface area contributed by atoms with Crippen molar-refractivity contribution >= 4 is 17.7 Å². The molecule has 3 aromatic heterocycles. The molecule has 10 heteroatoms. The quantitative estimate of drug-likeness (QED) is 0.427. The van der Waals surface area contributed by atoms with Crippen LogP contribution in [0.1, 0.15) is 35.9 Å². The highest BCUT2D eigenvalue weighted by atomic mass is 32.2. The van der Waals surface area contributed by atoms with Gasteiger partial charge in [-0.25, -0.2) is 15.0 Å². The number of rotatable bonds is 7. The molecule has 0 aromatic carbocycles. The maximum atomic E-state index is 13.1. The molecule has 0 radical (unpaired) electrons. The van der Waals surface area contributed by atoms with Gasteiger partial charge in [0, 0.05) is 31.2 Å². The highest BCUT2D eigenvalue weighted by Crippen LogP contribution is 2.32. The van der Waals surface area contributed by atoms with E-state index in [9.17, 15) is 4.79 Å². The lowest BCUT2D eigenvalue weighted by atomic mass is 9.86. The summed E-state index contributed by atoms with van der Waals surface area (Å²) in [4.78, 5) is 34.9. The first-order valence-electron chi connectivity index (χ1n) is 10.3. The van der Waals surface area contributed by atoms with Crippen molar-refractivity contribution in [1.29, 1.82) is 0 Å². The summed E-state index contributed by atoms with van der Waals surface area (Å²) in [5.74, 6) is 0.180. The van der Waals surface area contributed by atoms with Crippen LogP contribution in [0.2, 0.25) is 0 Å². The molecule has 166 valence electrons. The highest BCUT2D eigenvalue weighted by Gasteiger charge is 2.38. The van der Waals surface area contributed by atoms with Crippen LogP contribution in [0.5, 0.6) is 5.88 Å². The van der Waals surface area contributed by atoms with E-state index in [2.05, 4.69) is 30.2 Å². The summed E-state index contributed by atoms with van der Waals surface area (Å²) in [5, 5.41) is 3.84. The maximum Gasteiger partial charge on any atom is 0.270 e. The van der Waals surface area contributed by atoms with Gasteiger partial charge in [-0.05, 0) is 44.2 Å². The predicted molar refractivity (Wildman–Crippen MR) is 119 cm³/mol. The predicted octanol–water partition coefficient (Wildman–Crippen LogP) is 2.88. The number of amides is 1. The summed E-state index contributed by atoms with van der Waals surface area (Å²) in [6.45, 7) is 3.48. The fourth-order valence-electron chi connectivity index (χ4n) is 3.54. The van der Waals surface area contributed by atoms with Gasteiger partial charge in [0.25, 0.3) is 5.91 Å². The lowest BCUT2D eigenvalue weighted by Crippen LogP contribution is -2.50. The largest absolute Gasteiger partial charge is 0.477 e. The third kappa shape index (κ3) is 4.86. The molecule has 0 aliphatic carbocycles. The molecule has 4 heterocycles. The van der Waals surface area contributed by atoms with Gasteiger partial charge < -0.3 is 14.8 Å². The average Bonchev–Trinajstić information content (AvgIpc) is 2.85. The van der Waals surface area contributed by atoms with Crippen LogP contribution in [-0.4, -0.2) is 56.9 Å². The van der Waals surface area contributed by atoms with Crippen molar-refractivity contribution in [2.24, 2.45) is 0 Å². The maximum absolute atomic E-state index is 13.1. The van der Waals surface area contributed by atoms with Crippen LogP contribution in [0, 0.1) is 0 Å². The third-order valence-corrected chi connectivity index (χ3v) is 5.76. The number of hydrogen-bond donors (Lipinski definition) is 1. The Kier molecular flexibility index (Phi) is 6.91. The first-order chi connectivity index (χ1) is 15.6. The molecule has 0 bridgehead atoms. The fraction of sp³-hybridized carbons (Fsp3) is 0.364. The van der Waals surface area contributed by atoms with Crippen LogP contribution in [-0.2, 0) is 10.3 Å². The summed E-state index contributed by atoms with van der Waals surface area (Å²) in [5.41, 5.74) is 1.85. The van der Waals surface area contributed by atoms with E-state index in [4.69, 9.17) is 9.47 Å². The molecule has 0 spiro atoms. The van der Waals surface area contributed by atoms with E-state index >= 15 is 0 Å². The van der Waals surface area contributed by atoms with Gasteiger partial charge in [-0.1, -0.05) is 11.8 Å². The molecule has 3 aromatic rings. The minimum atomic E-state index is -0.625. The Hall–Kier alpha value is -3.11. The molecule has 1 fully saturated rings. The Balaban J connectivity index is 1.55. The van der Waals surface area contributed by atoms with E-state index in [-0.39, 0.29) is 5.91 Å². The number of nitrogens with one attached hydrogen (secondary N) is 1. The molecule has 0 unspecified atom stereocenters. The van der Waals surface area contributed by atoms with Crippen molar-refractivity contribution in [3.8, 4) is 17.1 Å². The molecule has 1 saturated heterocycles. The van der Waals surface area contributed by atoms with Crippen LogP contribution < -0.4 is 10.1 Å². The van der Waals surface area contributed by atoms with Crippen molar-refractivity contribution in [2.45, 2.75) is 30.5 Å². The number of hydrogen-bond acceptors (Lipinski definition) is 9. The number of carbonyl (C=O) groups excluding carboxylic acids is 1. The zero-order chi connectivity index (χ0) is 22.4. The Labute approximate surface area is 190 Å². The number of pyridine rings is 1. The van der Waals surface area contributed by atoms with Crippen molar-refractivity contribution in [3.05, 3.63) is 54.4 Å². The van der Waals surface area contributed by atoms with Crippen LogP contribution >= 0.6 is 11.8 Å². The summed E-state index contributed by atoms with van der Waals surface area (Å²) in [7, 11) is 0. The van der Waals surface area contributed by atoms with Gasteiger partial charge in [-0.3, -0.25) is 14.8 Å².